The highest BCUT2D eigenvalue weighted by atomic mass is 32.2. The average Bonchev–Trinajstić information content (AvgIpc) is 3.30. The van der Waals surface area contributed by atoms with Crippen LogP contribution >= 0.6 is 11.8 Å². The summed E-state index contributed by atoms with van der Waals surface area (Å²) < 4.78 is 4.64. The molecule has 1 aliphatic carbocycles. The van der Waals surface area contributed by atoms with Gasteiger partial charge in [0.2, 0.25) is 11.8 Å². The largest absolute Gasteiger partial charge is 0.450 e. The number of amides is 3. The average molecular weight is 531 g/mol. The summed E-state index contributed by atoms with van der Waals surface area (Å²) in [7, 11) is 0. The molecule has 0 bridgehead atoms. The van der Waals surface area contributed by atoms with E-state index in [2.05, 4.69) is 24.5 Å². The molecule has 2 rings (SSSR count). The molecule has 0 spiro atoms. The summed E-state index contributed by atoms with van der Waals surface area (Å²) in [6.45, 7) is 13.3. The number of aliphatic hydroxyl groups is 1. The number of aliphatic hydroxyl groups excluding tert-OH is 1. The van der Waals surface area contributed by atoms with E-state index in [0.717, 1.165) is 32.1 Å². The van der Waals surface area contributed by atoms with Gasteiger partial charge in [0.15, 0.2) is 0 Å². The van der Waals surface area contributed by atoms with Crippen LogP contribution in [-0.4, -0.2) is 82.3 Å². The van der Waals surface area contributed by atoms with Gasteiger partial charge in [-0.15, -0.1) is 0 Å². The van der Waals surface area contributed by atoms with Gasteiger partial charge in [-0.1, -0.05) is 20.8 Å². The summed E-state index contributed by atoms with van der Waals surface area (Å²) in [6, 6.07) is -1.01. The maximum atomic E-state index is 13.7. The van der Waals surface area contributed by atoms with Crippen molar-refractivity contribution in [3.8, 4) is 0 Å². The van der Waals surface area contributed by atoms with Gasteiger partial charge in [0, 0.05) is 30.5 Å². The Hall–Kier alpha value is -1.52. The highest BCUT2D eigenvalue weighted by molar-refractivity contribution is 8.01. The molecular weight excluding hydrogens is 480 g/mol. The number of alkyl carbamates (subject to hydrolysis) is 1. The molecule has 36 heavy (non-hydrogen) atoms. The van der Waals surface area contributed by atoms with Crippen molar-refractivity contribution < 1.29 is 24.2 Å². The van der Waals surface area contributed by atoms with E-state index in [1.807, 2.05) is 20.8 Å². The Morgan fingerprint density at radius 1 is 1.14 bits per heavy atom. The summed E-state index contributed by atoms with van der Waals surface area (Å²) >= 11 is 1.63. The summed E-state index contributed by atoms with van der Waals surface area (Å²) in [5.74, 6) is 0.128. The third-order valence-electron chi connectivity index (χ3n) is 6.48. The Morgan fingerprint density at radius 2 is 1.75 bits per heavy atom. The maximum Gasteiger partial charge on any atom is 0.407 e. The standard InChI is InChI=1S/C24H44N4O4S.C2H6O/c1-6-14-32-23(31)27-20(24(4,5)33-16(2)3)22(30)28-13-7-8-19(28)21(29)26-15-17-9-11-18(25)12-10-17;1-2-3/h16-20H,6-15,25H2,1-5H3,(H,26,29)(H,27,31);3H,2H2,1H3/t17-,18-,19-,20-;/m0./s1. The lowest BCUT2D eigenvalue weighted by Crippen LogP contribution is -2.60. The topological polar surface area (TPSA) is 134 Å². The van der Waals surface area contributed by atoms with E-state index in [1.165, 1.54) is 0 Å². The van der Waals surface area contributed by atoms with Crippen LogP contribution < -0.4 is 16.4 Å². The first kappa shape index (κ1) is 32.5. The van der Waals surface area contributed by atoms with Crippen LogP contribution in [0.5, 0.6) is 0 Å². The fraction of sp³-hybridized carbons (Fsp3) is 0.885. The molecule has 0 aromatic heterocycles. The highest BCUT2D eigenvalue weighted by Gasteiger charge is 2.44. The third-order valence-corrected chi connectivity index (χ3v) is 7.79. The van der Waals surface area contributed by atoms with Crippen molar-refractivity contribution in [1.29, 1.82) is 0 Å². The number of hydrogen-bond acceptors (Lipinski definition) is 7. The van der Waals surface area contributed by atoms with Gasteiger partial charge >= 0.3 is 6.09 Å². The number of hydrogen-bond donors (Lipinski definition) is 4. The fourth-order valence-corrected chi connectivity index (χ4v) is 6.30. The number of nitrogens with zero attached hydrogens (tertiary/aromatic N) is 1. The van der Waals surface area contributed by atoms with Crippen LogP contribution in [0.4, 0.5) is 4.79 Å². The molecule has 1 saturated carbocycles. The van der Waals surface area contributed by atoms with Gasteiger partial charge in [-0.2, -0.15) is 11.8 Å². The number of thioether (sulfide) groups is 1. The Balaban J connectivity index is 0.00000205. The van der Waals surface area contributed by atoms with Crippen LogP contribution in [0.2, 0.25) is 0 Å². The van der Waals surface area contributed by atoms with Gasteiger partial charge in [0.05, 0.1) is 6.61 Å². The molecule has 1 aliphatic heterocycles. The van der Waals surface area contributed by atoms with Gasteiger partial charge in [-0.05, 0) is 76.9 Å². The van der Waals surface area contributed by atoms with Gasteiger partial charge in [-0.25, -0.2) is 4.79 Å². The van der Waals surface area contributed by atoms with Gasteiger partial charge in [-0.3, -0.25) is 9.59 Å². The minimum absolute atomic E-state index is 0.0997. The smallest absolute Gasteiger partial charge is 0.407 e. The van der Waals surface area contributed by atoms with Gasteiger partial charge in [0.1, 0.15) is 12.1 Å². The fourth-order valence-electron chi connectivity index (χ4n) is 4.79. The summed E-state index contributed by atoms with van der Waals surface area (Å²) in [5.41, 5.74) is 5.99. The lowest BCUT2D eigenvalue weighted by atomic mass is 9.86. The molecule has 0 radical (unpaired) electrons. The van der Waals surface area contributed by atoms with Crippen LogP contribution in [0.1, 0.15) is 86.5 Å². The minimum Gasteiger partial charge on any atom is -0.450 e. The van der Waals surface area contributed by atoms with Crippen molar-refractivity contribution in [1.82, 2.24) is 15.5 Å². The minimum atomic E-state index is -0.789. The van der Waals surface area contributed by atoms with E-state index in [-0.39, 0.29) is 29.7 Å². The molecule has 2 aliphatic rings. The molecule has 0 aromatic rings. The van der Waals surface area contributed by atoms with Crippen LogP contribution in [0, 0.1) is 5.92 Å². The molecule has 3 amide bonds. The molecule has 1 saturated heterocycles. The lowest BCUT2D eigenvalue weighted by Gasteiger charge is -2.38. The predicted octanol–water partition coefficient (Wildman–Crippen LogP) is 3.03. The van der Waals surface area contributed by atoms with Crippen molar-refractivity contribution in [3.63, 3.8) is 0 Å². The van der Waals surface area contributed by atoms with E-state index < -0.39 is 22.9 Å². The number of likely N-dealkylation sites (tertiary alicyclic amines) is 1. The summed E-state index contributed by atoms with van der Waals surface area (Å²) in [6.07, 6.45) is 5.57. The Kier molecular flexibility index (Phi) is 14.8. The SMILES string of the molecule is CCCOC(=O)N[C@@H](C(=O)N1CCC[C@H]1C(=O)NC[C@H]1CC[C@H](N)CC1)C(C)(C)SC(C)C.CCO. The second-order valence-electron chi connectivity index (χ2n) is 10.5. The predicted molar refractivity (Wildman–Crippen MR) is 146 cm³/mol. The van der Waals surface area contributed by atoms with Crippen molar-refractivity contribution in [2.24, 2.45) is 11.7 Å². The molecule has 2 atom stereocenters. The van der Waals surface area contributed by atoms with Crippen molar-refractivity contribution >= 4 is 29.7 Å². The number of nitrogens with one attached hydrogen (secondary N) is 2. The van der Waals surface area contributed by atoms with Gasteiger partial charge in [0.25, 0.3) is 0 Å². The second-order valence-corrected chi connectivity index (χ2v) is 12.7. The van der Waals surface area contributed by atoms with Crippen molar-refractivity contribution in [2.75, 3.05) is 26.3 Å². The van der Waals surface area contributed by atoms with E-state index in [1.54, 1.807) is 23.6 Å². The molecule has 210 valence electrons. The number of carbonyl (C=O) groups excluding carboxylic acids is 3. The van der Waals surface area contributed by atoms with E-state index in [4.69, 9.17) is 15.6 Å². The maximum absolute atomic E-state index is 13.7. The first-order valence-corrected chi connectivity index (χ1v) is 14.4. The Labute approximate surface area is 222 Å². The molecule has 5 N–H and O–H groups in total. The number of nitrogens with two attached hydrogens (primary N) is 1. The second kappa shape index (κ2) is 16.3. The van der Waals surface area contributed by atoms with E-state index in [9.17, 15) is 14.4 Å². The van der Waals surface area contributed by atoms with E-state index in [0.29, 0.717) is 38.5 Å². The van der Waals surface area contributed by atoms with Crippen LogP contribution in [0.3, 0.4) is 0 Å². The molecule has 0 unspecified atom stereocenters. The number of ether oxygens (including phenoxy) is 1. The van der Waals surface area contributed by atoms with Crippen LogP contribution in [0.15, 0.2) is 0 Å². The monoisotopic (exact) mass is 530 g/mol. The normalized spacial score (nSPS) is 22.9. The van der Waals surface area contributed by atoms with E-state index >= 15 is 0 Å². The Morgan fingerprint density at radius 3 is 2.31 bits per heavy atom. The Bertz CT molecular complexity index is 683. The van der Waals surface area contributed by atoms with Crippen LogP contribution in [-0.2, 0) is 14.3 Å². The molecule has 1 heterocycles. The first-order chi connectivity index (χ1) is 17.0. The summed E-state index contributed by atoms with van der Waals surface area (Å²) in [4.78, 5) is 40.8. The zero-order valence-electron chi connectivity index (χ0n) is 23.2. The third kappa shape index (κ3) is 10.8. The molecule has 9 nitrogen and oxygen atoms in total. The quantitative estimate of drug-likeness (QED) is 0.341. The zero-order valence-corrected chi connectivity index (χ0v) is 24.0. The number of rotatable bonds is 10. The summed E-state index contributed by atoms with van der Waals surface area (Å²) in [5, 5.41) is 13.7. The lowest BCUT2D eigenvalue weighted by molar-refractivity contribution is -0.140. The highest BCUT2D eigenvalue weighted by Crippen LogP contribution is 2.34. The molecule has 10 heteroatoms. The number of carbonyl (C=O) groups is 3. The van der Waals surface area contributed by atoms with Gasteiger partial charge < -0.3 is 31.1 Å². The molecular formula is C26H50N4O5S. The molecule has 2 fully saturated rings. The first-order valence-electron chi connectivity index (χ1n) is 13.5. The zero-order chi connectivity index (χ0) is 27.3. The van der Waals surface area contributed by atoms with Crippen molar-refractivity contribution in [2.45, 2.75) is 115 Å². The van der Waals surface area contributed by atoms with Crippen LogP contribution in [0.25, 0.3) is 0 Å². The van der Waals surface area contributed by atoms with Crippen molar-refractivity contribution in [3.05, 3.63) is 0 Å². The molecule has 0 aromatic carbocycles.